The van der Waals surface area contributed by atoms with Crippen LogP contribution >= 0.6 is 0 Å². The van der Waals surface area contributed by atoms with E-state index < -0.39 is 0 Å². The predicted molar refractivity (Wildman–Crippen MR) is 100 cm³/mol. The standard InChI is InChI=1S/C22H26O2/c1-2-3-4-8-13-21(23)16-15-19-12-9-14-22(17-19)24-18-20-10-6-5-7-11-20/h5-7,9-12,14-17H,2-4,8,13,18H2,1H3/b16-15+. The fourth-order valence-corrected chi connectivity index (χ4v) is 2.45. The first-order valence-corrected chi connectivity index (χ1v) is 8.75. The lowest BCUT2D eigenvalue weighted by molar-refractivity contribution is -0.114. The monoisotopic (exact) mass is 322 g/mol. The van der Waals surface area contributed by atoms with Crippen molar-refractivity contribution in [1.82, 2.24) is 0 Å². The zero-order valence-corrected chi connectivity index (χ0v) is 14.4. The molecular weight excluding hydrogens is 296 g/mol. The first-order chi connectivity index (χ1) is 11.8. The van der Waals surface area contributed by atoms with Crippen molar-refractivity contribution in [3.05, 3.63) is 71.8 Å². The predicted octanol–water partition coefficient (Wildman–Crippen LogP) is 5.82. The van der Waals surface area contributed by atoms with Crippen molar-refractivity contribution in [2.75, 3.05) is 0 Å². The summed E-state index contributed by atoms with van der Waals surface area (Å²) < 4.78 is 5.81. The van der Waals surface area contributed by atoms with Gasteiger partial charge in [-0.3, -0.25) is 4.79 Å². The first kappa shape index (κ1) is 18.0. The molecule has 2 rings (SSSR count). The fraction of sp³-hybridized carbons (Fsp3) is 0.318. The molecule has 0 saturated carbocycles. The molecule has 0 saturated heterocycles. The zero-order chi connectivity index (χ0) is 17.0. The molecule has 24 heavy (non-hydrogen) atoms. The lowest BCUT2D eigenvalue weighted by atomic mass is 10.1. The zero-order valence-electron chi connectivity index (χ0n) is 14.4. The number of carbonyl (C=O) groups is 1. The van der Waals surface area contributed by atoms with Gasteiger partial charge in [0.05, 0.1) is 0 Å². The molecule has 2 nitrogen and oxygen atoms in total. The van der Waals surface area contributed by atoms with Crippen LogP contribution in [0.1, 0.15) is 50.2 Å². The molecule has 0 N–H and O–H groups in total. The minimum Gasteiger partial charge on any atom is -0.489 e. The lowest BCUT2D eigenvalue weighted by Gasteiger charge is -2.06. The van der Waals surface area contributed by atoms with E-state index in [1.54, 1.807) is 6.08 Å². The van der Waals surface area contributed by atoms with Crippen molar-refractivity contribution in [3.63, 3.8) is 0 Å². The van der Waals surface area contributed by atoms with E-state index in [1.807, 2.05) is 60.7 Å². The van der Waals surface area contributed by atoms with Gasteiger partial charge >= 0.3 is 0 Å². The van der Waals surface area contributed by atoms with Gasteiger partial charge in [0.2, 0.25) is 0 Å². The van der Waals surface area contributed by atoms with Gasteiger partial charge in [-0.05, 0) is 35.8 Å². The minimum atomic E-state index is 0.196. The maximum Gasteiger partial charge on any atom is 0.155 e. The largest absolute Gasteiger partial charge is 0.489 e. The molecular formula is C22H26O2. The summed E-state index contributed by atoms with van der Waals surface area (Å²) in [4.78, 5) is 11.9. The van der Waals surface area contributed by atoms with Gasteiger partial charge in [0.1, 0.15) is 12.4 Å². The molecule has 0 amide bonds. The number of rotatable bonds is 10. The van der Waals surface area contributed by atoms with E-state index in [2.05, 4.69) is 6.92 Å². The summed E-state index contributed by atoms with van der Waals surface area (Å²) in [5, 5.41) is 0. The second-order valence-corrected chi connectivity index (χ2v) is 5.96. The fourth-order valence-electron chi connectivity index (χ4n) is 2.45. The van der Waals surface area contributed by atoms with Gasteiger partial charge in [0, 0.05) is 6.42 Å². The Bertz CT molecular complexity index is 644. The Hall–Kier alpha value is -2.35. The topological polar surface area (TPSA) is 26.3 Å². The van der Waals surface area contributed by atoms with E-state index in [9.17, 15) is 4.79 Å². The van der Waals surface area contributed by atoms with E-state index in [-0.39, 0.29) is 5.78 Å². The van der Waals surface area contributed by atoms with E-state index >= 15 is 0 Å². The lowest BCUT2D eigenvalue weighted by Crippen LogP contribution is -1.95. The van der Waals surface area contributed by atoms with Crippen LogP contribution in [0.15, 0.2) is 60.7 Å². The van der Waals surface area contributed by atoms with Gasteiger partial charge in [0.15, 0.2) is 5.78 Å². The maximum atomic E-state index is 11.9. The number of hydrogen-bond acceptors (Lipinski definition) is 2. The summed E-state index contributed by atoms with van der Waals surface area (Å²) in [5.74, 6) is 1.01. The van der Waals surface area contributed by atoms with Gasteiger partial charge < -0.3 is 4.74 Å². The molecule has 126 valence electrons. The van der Waals surface area contributed by atoms with Crippen LogP contribution in [-0.2, 0) is 11.4 Å². The number of hydrogen-bond donors (Lipinski definition) is 0. The molecule has 0 heterocycles. The maximum absolute atomic E-state index is 11.9. The summed E-state index contributed by atoms with van der Waals surface area (Å²) in [7, 11) is 0. The summed E-state index contributed by atoms with van der Waals surface area (Å²) in [6.07, 6.45) is 8.72. The van der Waals surface area contributed by atoms with Crippen molar-refractivity contribution >= 4 is 11.9 Å². The number of allylic oxidation sites excluding steroid dienone is 1. The van der Waals surface area contributed by atoms with Crippen LogP contribution in [-0.4, -0.2) is 5.78 Å². The third-order valence-electron chi connectivity index (χ3n) is 3.84. The molecule has 0 radical (unpaired) electrons. The van der Waals surface area contributed by atoms with Gasteiger partial charge in [0.25, 0.3) is 0 Å². The van der Waals surface area contributed by atoms with Crippen LogP contribution < -0.4 is 4.74 Å². The van der Waals surface area contributed by atoms with E-state index in [1.165, 1.54) is 12.8 Å². The number of carbonyl (C=O) groups excluding carboxylic acids is 1. The summed E-state index contributed by atoms with van der Waals surface area (Å²) in [5.41, 5.74) is 2.13. The number of ether oxygens (including phenoxy) is 1. The highest BCUT2D eigenvalue weighted by Gasteiger charge is 1.99. The second kappa shape index (κ2) is 10.4. The van der Waals surface area contributed by atoms with Crippen LogP contribution in [0.4, 0.5) is 0 Å². The molecule has 0 aliphatic carbocycles. The van der Waals surface area contributed by atoms with Crippen molar-refractivity contribution in [2.45, 2.75) is 45.6 Å². The molecule has 0 spiro atoms. The molecule has 2 heteroatoms. The third kappa shape index (κ3) is 6.82. The van der Waals surface area contributed by atoms with Gasteiger partial charge in [-0.2, -0.15) is 0 Å². The number of ketones is 1. The SMILES string of the molecule is CCCCCCC(=O)/C=C/c1cccc(OCc2ccccc2)c1. The average molecular weight is 322 g/mol. The Morgan fingerprint density at radius 1 is 1.00 bits per heavy atom. The minimum absolute atomic E-state index is 0.196. The normalized spacial score (nSPS) is 10.9. The molecule has 0 bridgehead atoms. The summed E-state index contributed by atoms with van der Waals surface area (Å²) in [6, 6.07) is 17.9. The third-order valence-corrected chi connectivity index (χ3v) is 3.84. The summed E-state index contributed by atoms with van der Waals surface area (Å²) >= 11 is 0. The molecule has 0 aliphatic heterocycles. The number of benzene rings is 2. The van der Waals surface area contributed by atoms with E-state index in [0.717, 1.165) is 29.7 Å². The van der Waals surface area contributed by atoms with Crippen LogP contribution in [0, 0.1) is 0 Å². The molecule has 0 aromatic heterocycles. The molecule has 2 aromatic rings. The number of unbranched alkanes of at least 4 members (excludes halogenated alkanes) is 3. The van der Waals surface area contributed by atoms with Crippen LogP contribution in [0.3, 0.4) is 0 Å². The van der Waals surface area contributed by atoms with E-state index in [0.29, 0.717) is 13.0 Å². The Kier molecular flexibility index (Phi) is 7.82. The highest BCUT2D eigenvalue weighted by atomic mass is 16.5. The quantitative estimate of drug-likeness (QED) is 0.407. The summed E-state index contributed by atoms with van der Waals surface area (Å²) in [6.45, 7) is 2.72. The Morgan fingerprint density at radius 2 is 1.83 bits per heavy atom. The molecule has 2 aromatic carbocycles. The van der Waals surface area contributed by atoms with Crippen molar-refractivity contribution in [1.29, 1.82) is 0 Å². The second-order valence-electron chi connectivity index (χ2n) is 5.96. The molecule has 0 fully saturated rings. The Morgan fingerprint density at radius 3 is 2.62 bits per heavy atom. The smallest absolute Gasteiger partial charge is 0.155 e. The first-order valence-electron chi connectivity index (χ1n) is 8.75. The molecule has 0 unspecified atom stereocenters. The van der Waals surface area contributed by atoms with Gasteiger partial charge in [-0.25, -0.2) is 0 Å². The van der Waals surface area contributed by atoms with Crippen molar-refractivity contribution < 1.29 is 9.53 Å². The van der Waals surface area contributed by atoms with E-state index in [4.69, 9.17) is 4.74 Å². The van der Waals surface area contributed by atoms with Crippen LogP contribution in [0.25, 0.3) is 6.08 Å². The molecule has 0 aliphatic rings. The highest BCUT2D eigenvalue weighted by Crippen LogP contribution is 2.16. The van der Waals surface area contributed by atoms with Crippen molar-refractivity contribution in [3.8, 4) is 5.75 Å². The molecule has 0 atom stereocenters. The Labute approximate surface area is 145 Å². The average Bonchev–Trinajstić information content (AvgIpc) is 2.63. The van der Waals surface area contributed by atoms with Gasteiger partial charge in [-0.15, -0.1) is 0 Å². The van der Waals surface area contributed by atoms with Crippen LogP contribution in [0.2, 0.25) is 0 Å². The van der Waals surface area contributed by atoms with Crippen molar-refractivity contribution in [2.24, 2.45) is 0 Å². The van der Waals surface area contributed by atoms with Gasteiger partial charge in [-0.1, -0.05) is 74.7 Å². The highest BCUT2D eigenvalue weighted by molar-refractivity contribution is 5.93. The van der Waals surface area contributed by atoms with Crippen LogP contribution in [0.5, 0.6) is 5.75 Å². The Balaban J connectivity index is 1.83.